The summed E-state index contributed by atoms with van der Waals surface area (Å²) in [5.41, 5.74) is 2.06. The molecule has 2 heterocycles. The van der Waals surface area contributed by atoms with E-state index in [1.807, 2.05) is 72.1 Å². The minimum absolute atomic E-state index is 0.391. The van der Waals surface area contributed by atoms with Crippen LogP contribution in [0, 0.1) is 0 Å². The van der Waals surface area contributed by atoms with Crippen molar-refractivity contribution in [2.24, 2.45) is 0 Å². The van der Waals surface area contributed by atoms with Gasteiger partial charge in [0.05, 0.1) is 0 Å². The highest BCUT2D eigenvalue weighted by molar-refractivity contribution is 7.17. The Hall–Kier alpha value is -3.68. The number of hydrogen-bond donors (Lipinski definition) is 4. The lowest BCUT2D eigenvalue weighted by atomic mass is 9.86. The fourth-order valence-electron chi connectivity index (χ4n) is 4.54. The molecule has 1 aliphatic rings. The lowest BCUT2D eigenvalue weighted by Gasteiger charge is -2.32. The number of amides is 2. The van der Waals surface area contributed by atoms with Crippen molar-refractivity contribution in [2.45, 2.75) is 18.0 Å². The Bertz CT molecular complexity index is 1300. The van der Waals surface area contributed by atoms with Gasteiger partial charge >= 0.3 is 12.0 Å². The lowest BCUT2D eigenvalue weighted by molar-refractivity contribution is -0.145. The summed E-state index contributed by atoms with van der Waals surface area (Å²) in [6.45, 7) is 0.493. The first-order valence-corrected chi connectivity index (χ1v) is 11.6. The van der Waals surface area contributed by atoms with Crippen molar-refractivity contribution in [3.63, 3.8) is 0 Å². The van der Waals surface area contributed by atoms with E-state index in [0.29, 0.717) is 18.7 Å². The lowest BCUT2D eigenvalue weighted by Crippen LogP contribution is -2.64. The zero-order valence-electron chi connectivity index (χ0n) is 17.7. The molecule has 0 radical (unpaired) electrons. The van der Waals surface area contributed by atoms with Gasteiger partial charge < -0.3 is 15.7 Å². The van der Waals surface area contributed by atoms with E-state index in [-0.39, 0.29) is 0 Å². The van der Waals surface area contributed by atoms with Crippen LogP contribution in [-0.2, 0) is 4.79 Å². The van der Waals surface area contributed by atoms with Crippen molar-refractivity contribution in [1.82, 2.24) is 10.6 Å². The molecule has 4 aromatic rings. The van der Waals surface area contributed by atoms with Crippen molar-refractivity contribution in [3.8, 4) is 11.1 Å². The summed E-state index contributed by atoms with van der Waals surface area (Å²) in [7, 11) is 0. The number of rotatable bonds is 5. The van der Waals surface area contributed by atoms with Gasteiger partial charge in [0.2, 0.25) is 0 Å². The molecular formula is C26H23N3O3S. The Morgan fingerprint density at radius 1 is 0.939 bits per heavy atom. The highest BCUT2D eigenvalue weighted by Crippen LogP contribution is 2.41. The maximum atomic E-state index is 12.9. The van der Waals surface area contributed by atoms with Crippen LogP contribution in [0.25, 0.3) is 21.2 Å². The third-order valence-electron chi connectivity index (χ3n) is 6.14. The van der Waals surface area contributed by atoms with Crippen LogP contribution in [0.2, 0.25) is 0 Å². The van der Waals surface area contributed by atoms with E-state index >= 15 is 0 Å². The third-order valence-corrected chi connectivity index (χ3v) is 7.13. The van der Waals surface area contributed by atoms with Crippen LogP contribution in [0.1, 0.15) is 17.9 Å². The Balaban J connectivity index is 1.36. The summed E-state index contributed by atoms with van der Waals surface area (Å²) >= 11 is 1.59. The van der Waals surface area contributed by atoms with Crippen molar-refractivity contribution in [1.29, 1.82) is 0 Å². The average molecular weight is 458 g/mol. The maximum absolute atomic E-state index is 12.9. The van der Waals surface area contributed by atoms with Crippen LogP contribution in [0.4, 0.5) is 10.5 Å². The van der Waals surface area contributed by atoms with Crippen molar-refractivity contribution < 1.29 is 14.7 Å². The monoisotopic (exact) mass is 457 g/mol. The number of fused-ring (bicyclic) bond motifs is 1. The normalized spacial score (nSPS) is 19.9. The Morgan fingerprint density at radius 2 is 1.64 bits per heavy atom. The fourth-order valence-corrected chi connectivity index (χ4v) is 5.55. The number of urea groups is 1. The molecule has 2 atom stereocenters. The molecule has 0 spiro atoms. The molecule has 33 heavy (non-hydrogen) atoms. The van der Waals surface area contributed by atoms with E-state index in [0.717, 1.165) is 26.8 Å². The number of carbonyl (C=O) groups is 2. The molecule has 0 aliphatic carbocycles. The van der Waals surface area contributed by atoms with Crippen LogP contribution in [-0.4, -0.2) is 29.3 Å². The van der Waals surface area contributed by atoms with E-state index in [9.17, 15) is 14.7 Å². The third kappa shape index (κ3) is 3.97. The van der Waals surface area contributed by atoms with Gasteiger partial charge in [0.1, 0.15) is 0 Å². The molecule has 6 nitrogen and oxygen atoms in total. The van der Waals surface area contributed by atoms with Gasteiger partial charge in [-0.1, -0.05) is 60.7 Å². The van der Waals surface area contributed by atoms with Gasteiger partial charge in [0.25, 0.3) is 0 Å². The quantitative estimate of drug-likeness (QED) is 0.330. The predicted molar refractivity (Wildman–Crippen MR) is 132 cm³/mol. The van der Waals surface area contributed by atoms with Crippen molar-refractivity contribution in [3.05, 3.63) is 89.8 Å². The molecule has 1 aromatic heterocycles. The van der Waals surface area contributed by atoms with E-state index in [4.69, 9.17) is 0 Å². The molecule has 1 saturated heterocycles. The Labute approximate surface area is 195 Å². The number of anilines is 1. The summed E-state index contributed by atoms with van der Waals surface area (Å²) in [5, 5.41) is 21.8. The minimum atomic E-state index is -1.59. The van der Waals surface area contributed by atoms with Crippen LogP contribution < -0.4 is 16.0 Å². The molecule has 4 N–H and O–H groups in total. The van der Waals surface area contributed by atoms with Gasteiger partial charge in [-0.15, -0.1) is 11.3 Å². The molecule has 166 valence electrons. The summed E-state index contributed by atoms with van der Waals surface area (Å²) < 4.78 is 1.10. The largest absolute Gasteiger partial charge is 0.478 e. The van der Waals surface area contributed by atoms with Crippen LogP contribution in [0.15, 0.2) is 84.2 Å². The molecule has 1 fully saturated rings. The van der Waals surface area contributed by atoms with Gasteiger partial charge in [0, 0.05) is 16.3 Å². The van der Waals surface area contributed by atoms with E-state index in [2.05, 4.69) is 16.0 Å². The maximum Gasteiger partial charge on any atom is 0.345 e. The van der Waals surface area contributed by atoms with Crippen molar-refractivity contribution >= 4 is 39.1 Å². The standard InChI is InChI=1S/C26H23N3O3S/c30-24(31)26(22(14-15-27-26)21-16-33-23-9-5-4-8-20(21)23)29-25(32)28-19-12-10-18(11-13-19)17-6-2-1-3-7-17/h1-13,16,22,27H,14-15H2,(H,30,31)(H2,28,29,32)/t22?,26-/m1/s1. The summed E-state index contributed by atoms with van der Waals surface area (Å²) in [4.78, 5) is 25.3. The topological polar surface area (TPSA) is 90.5 Å². The molecule has 1 aliphatic heterocycles. The molecule has 5 rings (SSSR count). The van der Waals surface area contributed by atoms with Gasteiger partial charge in [-0.25, -0.2) is 9.59 Å². The van der Waals surface area contributed by atoms with Crippen LogP contribution >= 0.6 is 11.3 Å². The Kier molecular flexibility index (Phi) is 5.58. The van der Waals surface area contributed by atoms with E-state index in [1.165, 1.54) is 0 Å². The zero-order chi connectivity index (χ0) is 22.8. The first-order chi connectivity index (χ1) is 16.1. The molecule has 0 saturated carbocycles. The summed E-state index contributed by atoms with van der Waals surface area (Å²) in [5.74, 6) is -1.49. The zero-order valence-corrected chi connectivity index (χ0v) is 18.6. The number of carboxylic acid groups (broad SMARTS) is 1. The molecule has 7 heteroatoms. The van der Waals surface area contributed by atoms with Gasteiger partial charge in [-0.2, -0.15) is 0 Å². The fraction of sp³-hybridized carbons (Fsp3) is 0.154. The SMILES string of the molecule is O=C(Nc1ccc(-c2ccccc2)cc1)N[C@]1(C(=O)O)NCCC1c1csc2ccccc12. The second-order valence-electron chi connectivity index (χ2n) is 8.09. The van der Waals surface area contributed by atoms with Crippen LogP contribution in [0.5, 0.6) is 0 Å². The highest BCUT2D eigenvalue weighted by Gasteiger charge is 2.52. The number of carboxylic acids is 1. The number of aliphatic carboxylic acids is 1. The van der Waals surface area contributed by atoms with E-state index in [1.54, 1.807) is 23.5 Å². The molecule has 1 unspecified atom stereocenters. The van der Waals surface area contributed by atoms with Crippen LogP contribution in [0.3, 0.4) is 0 Å². The number of carbonyl (C=O) groups excluding carboxylic acids is 1. The molecular weight excluding hydrogens is 434 g/mol. The Morgan fingerprint density at radius 3 is 2.39 bits per heavy atom. The van der Waals surface area contributed by atoms with Crippen molar-refractivity contribution in [2.75, 3.05) is 11.9 Å². The number of thiophene rings is 1. The second kappa shape index (κ2) is 8.69. The van der Waals surface area contributed by atoms with Gasteiger partial charge in [-0.05, 0) is 58.6 Å². The average Bonchev–Trinajstić information content (AvgIpc) is 3.44. The second-order valence-corrected chi connectivity index (χ2v) is 9.00. The first kappa shape index (κ1) is 21.2. The number of nitrogens with one attached hydrogen (secondary N) is 3. The number of benzene rings is 3. The summed E-state index contributed by atoms with van der Waals surface area (Å²) in [6, 6.07) is 24.8. The minimum Gasteiger partial charge on any atom is -0.478 e. The molecule has 2 amide bonds. The summed E-state index contributed by atoms with van der Waals surface area (Å²) in [6.07, 6.45) is 0.610. The smallest absolute Gasteiger partial charge is 0.345 e. The van der Waals surface area contributed by atoms with Gasteiger partial charge in [-0.3, -0.25) is 5.32 Å². The molecule has 0 bridgehead atoms. The van der Waals surface area contributed by atoms with Gasteiger partial charge in [0.15, 0.2) is 5.66 Å². The molecule has 3 aromatic carbocycles. The number of hydrogen-bond acceptors (Lipinski definition) is 4. The highest BCUT2D eigenvalue weighted by atomic mass is 32.1. The van der Waals surface area contributed by atoms with E-state index < -0.39 is 23.6 Å². The predicted octanol–water partition coefficient (Wildman–Crippen LogP) is 5.25. The first-order valence-electron chi connectivity index (χ1n) is 10.8.